The van der Waals surface area contributed by atoms with Crippen LogP contribution in [0.3, 0.4) is 0 Å². The number of nitrogens with two attached hydrogens (primary N) is 1. The lowest BCUT2D eigenvalue weighted by atomic mass is 9.85. The van der Waals surface area contributed by atoms with Crippen molar-refractivity contribution in [2.75, 3.05) is 66.3 Å². The van der Waals surface area contributed by atoms with Crippen LogP contribution >= 0.6 is 23.2 Å². The third-order valence-electron chi connectivity index (χ3n) is 5.89. The van der Waals surface area contributed by atoms with Gasteiger partial charge in [0.05, 0.1) is 44.5 Å². The van der Waals surface area contributed by atoms with Crippen LogP contribution in [0.2, 0.25) is 10.0 Å². The van der Waals surface area contributed by atoms with Gasteiger partial charge in [-0.2, -0.15) is 0 Å². The number of benzene rings is 2. The highest BCUT2D eigenvalue weighted by Gasteiger charge is 2.28. The second-order valence-corrected chi connectivity index (χ2v) is 11.4. The summed E-state index contributed by atoms with van der Waals surface area (Å²) in [6.07, 6.45) is 0. The van der Waals surface area contributed by atoms with Gasteiger partial charge in [-0.15, -0.1) is 0 Å². The number of sulfonamides is 1. The van der Waals surface area contributed by atoms with Crippen molar-refractivity contribution in [3.63, 3.8) is 0 Å². The summed E-state index contributed by atoms with van der Waals surface area (Å²) in [6.45, 7) is 3.87. The molecule has 10 nitrogen and oxygen atoms in total. The zero-order valence-electron chi connectivity index (χ0n) is 21.3. The monoisotopic (exact) mass is 588 g/mol. The first-order valence-corrected chi connectivity index (χ1v) is 14.4. The summed E-state index contributed by atoms with van der Waals surface area (Å²) in [4.78, 5) is 12.9. The Labute approximate surface area is 233 Å². The van der Waals surface area contributed by atoms with Crippen LogP contribution in [0.4, 0.5) is 4.79 Å². The molecule has 210 valence electrons. The molecule has 13 heteroatoms. The van der Waals surface area contributed by atoms with Crippen molar-refractivity contribution in [1.29, 1.82) is 0 Å². The van der Waals surface area contributed by atoms with E-state index < -0.39 is 16.1 Å². The first kappa shape index (κ1) is 30.6. The number of fused-ring (bicyclic) bond motifs is 1. The van der Waals surface area contributed by atoms with Gasteiger partial charge >= 0.3 is 6.03 Å². The lowest BCUT2D eigenvalue weighted by Gasteiger charge is -2.33. The normalized spacial score (nSPS) is 15.8. The molecule has 0 fully saturated rings. The Morgan fingerprint density at radius 3 is 2.37 bits per heavy atom. The predicted molar refractivity (Wildman–Crippen MR) is 146 cm³/mol. The van der Waals surface area contributed by atoms with Crippen LogP contribution in [0.5, 0.6) is 0 Å². The molecule has 1 atom stereocenters. The minimum atomic E-state index is -3.72. The van der Waals surface area contributed by atoms with Crippen LogP contribution in [0.25, 0.3) is 0 Å². The Hall–Kier alpha value is -1.96. The molecule has 0 radical (unpaired) electrons. The van der Waals surface area contributed by atoms with E-state index in [4.69, 9.17) is 43.1 Å². The fourth-order valence-electron chi connectivity index (χ4n) is 4.15. The molecule has 0 saturated carbocycles. The van der Waals surface area contributed by atoms with Crippen LogP contribution in [-0.4, -0.2) is 85.7 Å². The van der Waals surface area contributed by atoms with E-state index >= 15 is 0 Å². The second-order valence-electron chi connectivity index (χ2n) is 8.80. The average molecular weight is 590 g/mol. The molecule has 38 heavy (non-hydrogen) atoms. The van der Waals surface area contributed by atoms with Gasteiger partial charge in [0.1, 0.15) is 0 Å². The highest BCUT2D eigenvalue weighted by molar-refractivity contribution is 7.89. The van der Waals surface area contributed by atoms with E-state index in [-0.39, 0.29) is 24.0 Å². The number of urea groups is 1. The number of rotatable bonds is 15. The van der Waals surface area contributed by atoms with E-state index in [9.17, 15) is 13.2 Å². The Morgan fingerprint density at radius 1 is 1.03 bits per heavy atom. The molecule has 1 aliphatic rings. The van der Waals surface area contributed by atoms with Crippen molar-refractivity contribution >= 4 is 39.3 Å². The number of nitrogens with zero attached hydrogens (tertiary/aromatic N) is 1. The first-order chi connectivity index (χ1) is 18.2. The third kappa shape index (κ3) is 9.35. The first-order valence-electron chi connectivity index (χ1n) is 12.2. The number of hydrogen-bond donors (Lipinski definition) is 3. The maximum atomic E-state index is 12.9. The topological polar surface area (TPSA) is 132 Å². The molecule has 0 aromatic heterocycles. The molecule has 3 rings (SSSR count). The minimum Gasteiger partial charge on any atom is -0.378 e. The zero-order valence-corrected chi connectivity index (χ0v) is 23.6. The van der Waals surface area contributed by atoms with Gasteiger partial charge in [0.15, 0.2) is 0 Å². The van der Waals surface area contributed by atoms with Gasteiger partial charge in [-0.1, -0.05) is 35.3 Å². The number of amides is 2. The van der Waals surface area contributed by atoms with Crippen molar-refractivity contribution in [3.8, 4) is 0 Å². The van der Waals surface area contributed by atoms with Crippen LogP contribution in [0.15, 0.2) is 41.3 Å². The number of nitrogens with one attached hydrogen (secondary N) is 2. The van der Waals surface area contributed by atoms with E-state index in [2.05, 4.69) is 14.9 Å². The molecular formula is C25H34Cl2N4O6S. The average Bonchev–Trinajstić information content (AvgIpc) is 2.87. The molecule has 4 N–H and O–H groups in total. The molecule has 0 saturated heterocycles. The molecular weight excluding hydrogens is 555 g/mol. The number of ether oxygens (including phenoxy) is 3. The highest BCUT2D eigenvalue weighted by Crippen LogP contribution is 2.38. The standard InChI is InChI=1S/C25H34Cl2N4O6S/c1-31-16-22(21-14-19(26)15-24(27)23(21)17-31)18-3-2-4-20(13-18)38(33,34)30-6-8-36-10-12-37-11-9-35-7-5-29-25(28)32/h2-4,13-15,22,30H,5-12,16-17H2,1H3,(H3,28,29,32). The van der Waals surface area contributed by atoms with Gasteiger partial charge in [-0.05, 0) is 48.0 Å². The molecule has 2 aromatic rings. The quantitative estimate of drug-likeness (QED) is 0.272. The number of carbonyl (C=O) groups is 1. The van der Waals surface area contributed by atoms with Crippen LogP contribution in [0.1, 0.15) is 22.6 Å². The Kier molecular flexibility index (Phi) is 12.1. The Balaban J connectivity index is 1.43. The van der Waals surface area contributed by atoms with Crippen molar-refractivity contribution in [2.24, 2.45) is 5.73 Å². The predicted octanol–water partition coefficient (Wildman–Crippen LogP) is 2.57. The van der Waals surface area contributed by atoms with Crippen LogP contribution in [-0.2, 0) is 30.8 Å². The van der Waals surface area contributed by atoms with Gasteiger partial charge in [0.2, 0.25) is 10.0 Å². The summed E-state index contributed by atoms with van der Waals surface area (Å²) in [5, 5.41) is 3.59. The Bertz CT molecular complexity index is 1180. The summed E-state index contributed by atoms with van der Waals surface area (Å²) in [5.41, 5.74) is 7.85. The molecule has 2 aromatic carbocycles. The number of likely N-dealkylation sites (N-methyl/N-ethyl adjacent to an activating group) is 1. The fraction of sp³-hybridized carbons (Fsp3) is 0.480. The van der Waals surface area contributed by atoms with Crippen molar-refractivity contribution in [1.82, 2.24) is 14.9 Å². The maximum Gasteiger partial charge on any atom is 0.312 e. The van der Waals surface area contributed by atoms with Crippen molar-refractivity contribution in [3.05, 3.63) is 63.1 Å². The zero-order chi connectivity index (χ0) is 27.5. The van der Waals surface area contributed by atoms with E-state index in [1.807, 2.05) is 19.2 Å². The number of primary amides is 1. The minimum absolute atomic E-state index is 0.0596. The largest absolute Gasteiger partial charge is 0.378 e. The van der Waals surface area contributed by atoms with Gasteiger partial charge in [-0.3, -0.25) is 0 Å². The lowest BCUT2D eigenvalue weighted by Crippen LogP contribution is -2.32. The molecule has 0 aliphatic carbocycles. The second kappa shape index (κ2) is 15.0. The van der Waals surface area contributed by atoms with E-state index in [1.54, 1.807) is 24.3 Å². The molecule has 1 heterocycles. The van der Waals surface area contributed by atoms with Gasteiger partial charge in [-0.25, -0.2) is 17.9 Å². The number of halogens is 2. The molecule has 1 unspecified atom stereocenters. The maximum absolute atomic E-state index is 12.9. The lowest BCUT2D eigenvalue weighted by molar-refractivity contribution is 0.0165. The SMILES string of the molecule is CN1Cc2c(Cl)cc(Cl)cc2C(c2cccc(S(=O)(=O)NCCOCCOCCOCCNC(N)=O)c2)C1. The van der Waals surface area contributed by atoms with Crippen molar-refractivity contribution < 1.29 is 27.4 Å². The molecule has 1 aliphatic heterocycles. The third-order valence-corrected chi connectivity index (χ3v) is 7.91. The van der Waals surface area contributed by atoms with E-state index in [0.717, 1.165) is 23.2 Å². The van der Waals surface area contributed by atoms with Crippen LogP contribution in [0, 0.1) is 0 Å². The van der Waals surface area contributed by atoms with Gasteiger partial charge in [0, 0.05) is 42.1 Å². The number of carbonyl (C=O) groups excluding carboxylic acids is 1. The fourth-order valence-corrected chi connectivity index (χ4v) is 5.79. The number of hydrogen-bond acceptors (Lipinski definition) is 7. The Morgan fingerprint density at radius 2 is 1.68 bits per heavy atom. The van der Waals surface area contributed by atoms with Gasteiger partial charge in [0.25, 0.3) is 0 Å². The smallest absolute Gasteiger partial charge is 0.312 e. The highest BCUT2D eigenvalue weighted by atomic mass is 35.5. The van der Waals surface area contributed by atoms with Crippen LogP contribution < -0.4 is 15.8 Å². The summed E-state index contributed by atoms with van der Waals surface area (Å²) in [6, 6.07) is 10.0. The van der Waals surface area contributed by atoms with E-state index in [0.29, 0.717) is 56.2 Å². The van der Waals surface area contributed by atoms with Gasteiger partial charge < -0.3 is 30.2 Å². The summed E-state index contributed by atoms with van der Waals surface area (Å²) >= 11 is 12.7. The molecule has 2 amide bonds. The summed E-state index contributed by atoms with van der Waals surface area (Å²) < 4.78 is 44.5. The van der Waals surface area contributed by atoms with Crippen molar-refractivity contribution in [2.45, 2.75) is 17.4 Å². The van der Waals surface area contributed by atoms with E-state index in [1.165, 1.54) is 0 Å². The molecule has 0 spiro atoms. The molecule has 0 bridgehead atoms. The summed E-state index contributed by atoms with van der Waals surface area (Å²) in [7, 11) is -1.72. The summed E-state index contributed by atoms with van der Waals surface area (Å²) in [5.74, 6) is -0.0596.